The quantitative estimate of drug-likeness (QED) is 0.339. The van der Waals surface area contributed by atoms with Gasteiger partial charge in [0.1, 0.15) is 0 Å². The van der Waals surface area contributed by atoms with Crippen LogP contribution in [0.2, 0.25) is 0 Å². The molecule has 0 amide bonds. The summed E-state index contributed by atoms with van der Waals surface area (Å²) in [5, 5.41) is 0. The van der Waals surface area contributed by atoms with Gasteiger partial charge in [0.15, 0.2) is 0 Å². The summed E-state index contributed by atoms with van der Waals surface area (Å²) in [5.41, 5.74) is 5.56. The van der Waals surface area contributed by atoms with Gasteiger partial charge in [0.2, 0.25) is 0 Å². The minimum Gasteiger partial charge on any atom is -0.0712 e. The van der Waals surface area contributed by atoms with E-state index in [-0.39, 0.29) is 18.3 Å². The van der Waals surface area contributed by atoms with Crippen LogP contribution in [0.1, 0.15) is 71.3 Å². The van der Waals surface area contributed by atoms with Gasteiger partial charge >= 0.3 is 0 Å². The summed E-state index contributed by atoms with van der Waals surface area (Å²) in [6, 6.07) is 4.66. The van der Waals surface area contributed by atoms with Crippen molar-refractivity contribution in [3.8, 4) is 0 Å². The highest BCUT2D eigenvalue weighted by Gasteiger charge is 2.28. The minimum atomic E-state index is 0.0972. The maximum atomic E-state index is 3.69. The standard InChI is InChI=1S/C16H22Br4/c1-15(2,3)9-7-10(13(17)18)12(14(19)20)11(8-9)16(4,5)6/h7-8,13-14H,1-6H3. The zero-order chi connectivity index (χ0) is 15.9. The molecule has 1 aromatic rings. The van der Waals surface area contributed by atoms with Gasteiger partial charge < -0.3 is 0 Å². The van der Waals surface area contributed by atoms with Gasteiger partial charge in [-0.2, -0.15) is 0 Å². The molecule has 0 aromatic heterocycles. The van der Waals surface area contributed by atoms with E-state index in [0.29, 0.717) is 0 Å². The van der Waals surface area contributed by atoms with E-state index in [1.54, 1.807) is 0 Å². The van der Waals surface area contributed by atoms with E-state index in [9.17, 15) is 0 Å². The van der Waals surface area contributed by atoms with E-state index in [0.717, 1.165) is 0 Å². The Morgan fingerprint density at radius 2 is 1.25 bits per heavy atom. The molecule has 0 heterocycles. The van der Waals surface area contributed by atoms with Gasteiger partial charge in [0.25, 0.3) is 0 Å². The van der Waals surface area contributed by atoms with Crippen LogP contribution in [0.5, 0.6) is 0 Å². The molecule has 0 radical (unpaired) electrons. The fourth-order valence-corrected chi connectivity index (χ4v) is 3.93. The van der Waals surface area contributed by atoms with Crippen molar-refractivity contribution in [2.24, 2.45) is 0 Å². The topological polar surface area (TPSA) is 0 Å². The van der Waals surface area contributed by atoms with Crippen LogP contribution in [0.25, 0.3) is 0 Å². The van der Waals surface area contributed by atoms with Gasteiger partial charge in [-0.25, -0.2) is 0 Å². The normalized spacial score (nSPS) is 13.4. The van der Waals surface area contributed by atoms with Crippen LogP contribution in [0.3, 0.4) is 0 Å². The maximum Gasteiger partial charge on any atom is 0.0952 e. The molecular weight excluding hydrogens is 512 g/mol. The predicted molar refractivity (Wildman–Crippen MR) is 105 cm³/mol. The Balaban J connectivity index is 3.74. The molecule has 0 unspecified atom stereocenters. The molecule has 0 N–H and O–H groups in total. The lowest BCUT2D eigenvalue weighted by Crippen LogP contribution is -2.20. The third kappa shape index (κ3) is 4.57. The Bertz CT molecular complexity index is 476. The first kappa shape index (κ1) is 19.2. The fourth-order valence-electron chi connectivity index (χ4n) is 2.15. The summed E-state index contributed by atoms with van der Waals surface area (Å²) in [7, 11) is 0. The third-order valence-electron chi connectivity index (χ3n) is 3.34. The number of rotatable bonds is 2. The number of hydrogen-bond donors (Lipinski definition) is 0. The van der Waals surface area contributed by atoms with E-state index in [1.807, 2.05) is 0 Å². The average molecular weight is 534 g/mol. The first-order chi connectivity index (χ1) is 8.85. The Labute approximate surface area is 157 Å². The van der Waals surface area contributed by atoms with Crippen LogP contribution in [-0.4, -0.2) is 0 Å². The number of hydrogen-bond acceptors (Lipinski definition) is 0. The molecule has 0 nitrogen and oxygen atoms in total. The zero-order valence-electron chi connectivity index (χ0n) is 12.8. The molecule has 0 saturated carbocycles. The molecule has 0 bridgehead atoms. The first-order valence-electron chi connectivity index (χ1n) is 6.60. The maximum absolute atomic E-state index is 3.69. The van der Waals surface area contributed by atoms with E-state index in [1.165, 1.54) is 22.3 Å². The molecule has 1 aromatic carbocycles. The fraction of sp³-hybridized carbons (Fsp3) is 0.625. The summed E-state index contributed by atoms with van der Waals surface area (Å²) in [4.78, 5) is 0. The lowest BCUT2D eigenvalue weighted by Gasteiger charge is -2.30. The molecule has 0 aliphatic carbocycles. The van der Waals surface area contributed by atoms with Crippen molar-refractivity contribution < 1.29 is 0 Å². The highest BCUT2D eigenvalue weighted by Crippen LogP contribution is 2.46. The number of alkyl halides is 4. The molecule has 20 heavy (non-hydrogen) atoms. The second-order valence-electron chi connectivity index (χ2n) is 7.13. The van der Waals surface area contributed by atoms with E-state index in [2.05, 4.69) is 117 Å². The van der Waals surface area contributed by atoms with Gasteiger partial charge in [0.05, 0.1) is 7.47 Å². The molecule has 0 atom stereocenters. The first-order valence-corrected chi connectivity index (χ1v) is 10.3. The van der Waals surface area contributed by atoms with E-state index >= 15 is 0 Å². The second-order valence-corrected chi connectivity index (χ2v) is 13.2. The molecule has 0 aliphatic heterocycles. The molecule has 0 spiro atoms. The van der Waals surface area contributed by atoms with Crippen molar-refractivity contribution in [1.82, 2.24) is 0 Å². The van der Waals surface area contributed by atoms with Crippen LogP contribution in [0, 0.1) is 0 Å². The van der Waals surface area contributed by atoms with Crippen molar-refractivity contribution in [2.75, 3.05) is 0 Å². The van der Waals surface area contributed by atoms with Gasteiger partial charge in [-0.15, -0.1) is 0 Å². The highest BCUT2D eigenvalue weighted by atomic mass is 79.9. The molecule has 4 heteroatoms. The summed E-state index contributed by atoms with van der Waals surface area (Å²) >= 11 is 14.7. The van der Waals surface area contributed by atoms with E-state index in [4.69, 9.17) is 0 Å². The Kier molecular flexibility index (Phi) is 6.44. The monoisotopic (exact) mass is 530 g/mol. The predicted octanol–water partition coefficient (Wildman–Crippen LogP) is 7.86. The minimum absolute atomic E-state index is 0.0972. The highest BCUT2D eigenvalue weighted by molar-refractivity contribution is 9.24. The largest absolute Gasteiger partial charge is 0.0952 e. The van der Waals surface area contributed by atoms with Crippen molar-refractivity contribution in [3.05, 3.63) is 34.4 Å². The Morgan fingerprint density at radius 1 is 0.750 bits per heavy atom. The SMILES string of the molecule is CC(C)(C)c1cc(C(Br)Br)c(C(Br)Br)c(C(C)(C)C)c1. The molecule has 1 rings (SSSR count). The van der Waals surface area contributed by atoms with Crippen LogP contribution < -0.4 is 0 Å². The smallest absolute Gasteiger partial charge is 0.0712 e. The number of halogens is 4. The van der Waals surface area contributed by atoms with Gasteiger partial charge in [-0.3, -0.25) is 0 Å². The Morgan fingerprint density at radius 3 is 1.55 bits per heavy atom. The molecule has 0 fully saturated rings. The summed E-state index contributed by atoms with van der Waals surface area (Å²) in [6.07, 6.45) is 0. The van der Waals surface area contributed by atoms with Crippen molar-refractivity contribution in [3.63, 3.8) is 0 Å². The van der Waals surface area contributed by atoms with E-state index < -0.39 is 0 Å². The molecular formula is C16H22Br4. The second kappa shape index (κ2) is 6.72. The molecule has 0 aliphatic rings. The summed E-state index contributed by atoms with van der Waals surface area (Å²) < 4.78 is 0.289. The van der Waals surface area contributed by atoms with Crippen molar-refractivity contribution in [2.45, 2.75) is 59.8 Å². The van der Waals surface area contributed by atoms with Gasteiger partial charge in [-0.1, -0.05) is 117 Å². The Hall–Kier alpha value is 1.14. The zero-order valence-corrected chi connectivity index (χ0v) is 19.2. The van der Waals surface area contributed by atoms with Crippen LogP contribution in [0.15, 0.2) is 12.1 Å². The number of benzene rings is 1. The summed E-state index contributed by atoms with van der Waals surface area (Å²) in [6.45, 7) is 13.6. The van der Waals surface area contributed by atoms with Crippen LogP contribution in [-0.2, 0) is 10.8 Å². The average Bonchev–Trinajstić information content (AvgIpc) is 2.24. The summed E-state index contributed by atoms with van der Waals surface area (Å²) in [5.74, 6) is 0. The van der Waals surface area contributed by atoms with Crippen molar-refractivity contribution >= 4 is 63.7 Å². The van der Waals surface area contributed by atoms with Crippen LogP contribution >= 0.6 is 63.7 Å². The van der Waals surface area contributed by atoms with Gasteiger partial charge in [0, 0.05) is 0 Å². The van der Waals surface area contributed by atoms with Gasteiger partial charge in [-0.05, 0) is 33.1 Å². The van der Waals surface area contributed by atoms with Crippen molar-refractivity contribution in [1.29, 1.82) is 0 Å². The lowest BCUT2D eigenvalue weighted by molar-refractivity contribution is 0.564. The molecule has 114 valence electrons. The molecule has 0 saturated heterocycles. The lowest BCUT2D eigenvalue weighted by atomic mass is 9.77. The third-order valence-corrected chi connectivity index (χ3v) is 5.24. The van der Waals surface area contributed by atoms with Crippen LogP contribution in [0.4, 0.5) is 0 Å².